The van der Waals surface area contributed by atoms with E-state index in [1.54, 1.807) is 0 Å². The van der Waals surface area contributed by atoms with Gasteiger partial charge in [-0.2, -0.15) is 0 Å². The van der Waals surface area contributed by atoms with Crippen LogP contribution < -0.4 is 5.32 Å². The number of nitrogens with one attached hydrogen (secondary N) is 1. The van der Waals surface area contributed by atoms with E-state index >= 15 is 0 Å². The van der Waals surface area contributed by atoms with Crippen LogP contribution in [0.2, 0.25) is 0 Å². The topological polar surface area (TPSA) is 21.9 Å². The minimum atomic E-state index is -0.00461. The molecule has 1 atom stereocenters. The average Bonchev–Trinajstić information content (AvgIpc) is 3.80. The van der Waals surface area contributed by atoms with Crippen molar-refractivity contribution in [1.82, 2.24) is 14.5 Å². The Balaban J connectivity index is 1.20. The normalized spacial score (nSPS) is 14.2. The van der Waals surface area contributed by atoms with Gasteiger partial charge in [0.15, 0.2) is 0 Å². The van der Waals surface area contributed by atoms with Crippen LogP contribution in [-0.2, 0) is 0 Å². The molecule has 3 heteroatoms. The van der Waals surface area contributed by atoms with Gasteiger partial charge in [-0.1, -0.05) is 158 Å². The smallest absolute Gasteiger partial charge is 0.112 e. The van der Waals surface area contributed by atoms with Crippen LogP contribution in [0.1, 0.15) is 17.2 Å². The Morgan fingerprint density at radius 3 is 1.71 bits per heavy atom. The molecular formula is C53H37N3. The summed E-state index contributed by atoms with van der Waals surface area (Å²) in [6.07, 6.45) is 4.66. The Bertz CT molecular complexity index is 3130. The number of allylic oxidation sites excluding steroid dienone is 2. The monoisotopic (exact) mass is 715 g/mol. The van der Waals surface area contributed by atoms with E-state index in [0.29, 0.717) is 0 Å². The van der Waals surface area contributed by atoms with E-state index in [9.17, 15) is 0 Å². The molecular weight excluding hydrogens is 679 g/mol. The van der Waals surface area contributed by atoms with E-state index < -0.39 is 0 Å². The van der Waals surface area contributed by atoms with Crippen molar-refractivity contribution in [2.75, 3.05) is 0 Å². The third-order valence-corrected chi connectivity index (χ3v) is 11.3. The molecule has 1 aliphatic rings. The summed E-state index contributed by atoms with van der Waals surface area (Å²) in [6, 6.07) is 72.4. The average molecular weight is 716 g/mol. The fourth-order valence-corrected chi connectivity index (χ4v) is 8.86. The highest BCUT2D eigenvalue weighted by Gasteiger charge is 2.25. The predicted molar refractivity (Wildman–Crippen MR) is 236 cm³/mol. The molecule has 1 N–H and O–H groups in total. The van der Waals surface area contributed by atoms with E-state index in [1.165, 1.54) is 71.5 Å². The maximum Gasteiger partial charge on any atom is 0.112 e. The fourth-order valence-electron chi connectivity index (χ4n) is 8.86. The Kier molecular flexibility index (Phi) is 7.56. The first-order chi connectivity index (χ1) is 27.8. The molecule has 8 aromatic carbocycles. The highest BCUT2D eigenvalue weighted by Crippen LogP contribution is 2.46. The maximum absolute atomic E-state index is 3.97. The highest BCUT2D eigenvalue weighted by molar-refractivity contribution is 6.20. The molecule has 1 aliphatic heterocycles. The minimum absolute atomic E-state index is 0.00461. The molecule has 3 heterocycles. The van der Waals surface area contributed by atoms with Crippen molar-refractivity contribution in [2.24, 2.45) is 0 Å². The summed E-state index contributed by atoms with van der Waals surface area (Å²) in [5.74, 6) is 1.05. The van der Waals surface area contributed by atoms with E-state index in [2.05, 4.69) is 227 Å². The van der Waals surface area contributed by atoms with Gasteiger partial charge in [0.1, 0.15) is 5.82 Å². The Labute approximate surface area is 325 Å². The molecule has 1 unspecified atom stereocenters. The first kappa shape index (κ1) is 32.1. The van der Waals surface area contributed by atoms with Crippen LogP contribution in [0, 0.1) is 0 Å². The standard InChI is InChI=1S/C53H37N3/c1-5-17-36(18-6-1)40-34-46(38-21-9-3-10-22-38)54-51(35-40)56-48-28-16-14-26-44(48)53-50(56)32-30-42(37-19-7-2-8-20-37)52(53)39-29-31-49-45(33-39)43-25-13-15-27-47(43)55(49)41-23-11-4-12-24-41/h1-35,46,54H. The number of hydrogen-bond acceptors (Lipinski definition) is 1. The summed E-state index contributed by atoms with van der Waals surface area (Å²) < 4.78 is 4.83. The predicted octanol–water partition coefficient (Wildman–Crippen LogP) is 13.5. The molecule has 0 spiro atoms. The van der Waals surface area contributed by atoms with Gasteiger partial charge in [-0.05, 0) is 93.6 Å². The Morgan fingerprint density at radius 1 is 0.411 bits per heavy atom. The lowest BCUT2D eigenvalue weighted by Gasteiger charge is -2.27. The quantitative estimate of drug-likeness (QED) is 0.182. The maximum atomic E-state index is 3.97. The molecule has 0 saturated heterocycles. The first-order valence-corrected chi connectivity index (χ1v) is 19.3. The van der Waals surface area contributed by atoms with Gasteiger partial charge in [0.05, 0.1) is 28.1 Å². The van der Waals surface area contributed by atoms with Crippen LogP contribution in [0.25, 0.3) is 82.9 Å². The van der Waals surface area contributed by atoms with Crippen LogP contribution in [0.4, 0.5) is 0 Å². The van der Waals surface area contributed by atoms with Crippen molar-refractivity contribution < 1.29 is 0 Å². The zero-order valence-electron chi connectivity index (χ0n) is 30.7. The van der Waals surface area contributed by atoms with Gasteiger partial charge in [0.2, 0.25) is 0 Å². The second kappa shape index (κ2) is 13.2. The zero-order chi connectivity index (χ0) is 37.0. The number of fused-ring (bicyclic) bond motifs is 6. The Hall–Kier alpha value is -7.36. The van der Waals surface area contributed by atoms with Crippen LogP contribution in [0.15, 0.2) is 212 Å². The SMILES string of the molecule is C1=C(c2ccccc2)C=C(n2c3ccccc3c3c(-c4ccc5c(c4)c4ccccc4n5-c4ccccc4)c(-c4ccccc4)ccc32)NC1c1ccccc1. The van der Waals surface area contributed by atoms with Crippen molar-refractivity contribution in [1.29, 1.82) is 0 Å². The Morgan fingerprint density at radius 2 is 0.982 bits per heavy atom. The zero-order valence-corrected chi connectivity index (χ0v) is 30.7. The van der Waals surface area contributed by atoms with Gasteiger partial charge in [-0.25, -0.2) is 0 Å². The lowest BCUT2D eigenvalue weighted by atomic mass is 9.90. The number of rotatable bonds is 6. The van der Waals surface area contributed by atoms with Gasteiger partial charge in [0, 0.05) is 27.2 Å². The molecule has 10 aromatic rings. The number of dihydropyridines is 1. The van der Waals surface area contributed by atoms with Gasteiger partial charge < -0.3 is 9.88 Å². The van der Waals surface area contributed by atoms with Gasteiger partial charge in [0.25, 0.3) is 0 Å². The largest absolute Gasteiger partial charge is 0.361 e. The number of hydrogen-bond donors (Lipinski definition) is 1. The molecule has 0 aliphatic carbocycles. The highest BCUT2D eigenvalue weighted by atomic mass is 15.2. The van der Waals surface area contributed by atoms with Crippen molar-refractivity contribution in [3.8, 4) is 27.9 Å². The fraction of sp³-hybridized carbons (Fsp3) is 0.0189. The summed E-state index contributed by atoms with van der Waals surface area (Å²) in [6.45, 7) is 0. The molecule has 0 radical (unpaired) electrons. The summed E-state index contributed by atoms with van der Waals surface area (Å²) in [4.78, 5) is 0. The number of benzene rings is 8. The molecule has 0 fully saturated rings. The second-order valence-electron chi connectivity index (χ2n) is 14.6. The lowest BCUT2D eigenvalue weighted by Crippen LogP contribution is -2.25. The van der Waals surface area contributed by atoms with Crippen LogP contribution in [-0.4, -0.2) is 9.13 Å². The molecule has 3 nitrogen and oxygen atoms in total. The van der Waals surface area contributed by atoms with E-state index in [4.69, 9.17) is 0 Å². The van der Waals surface area contributed by atoms with Crippen LogP contribution in [0.5, 0.6) is 0 Å². The molecule has 56 heavy (non-hydrogen) atoms. The van der Waals surface area contributed by atoms with Crippen molar-refractivity contribution in [3.63, 3.8) is 0 Å². The molecule has 11 rings (SSSR count). The van der Waals surface area contributed by atoms with Crippen molar-refractivity contribution in [2.45, 2.75) is 6.04 Å². The number of aromatic nitrogens is 2. The third-order valence-electron chi connectivity index (χ3n) is 11.3. The minimum Gasteiger partial charge on any atom is -0.361 e. The molecule has 0 saturated carbocycles. The lowest BCUT2D eigenvalue weighted by molar-refractivity contribution is 0.739. The third kappa shape index (κ3) is 5.20. The summed E-state index contributed by atoms with van der Waals surface area (Å²) in [5, 5.41) is 8.91. The van der Waals surface area contributed by atoms with Gasteiger partial charge in [-0.3, -0.25) is 4.57 Å². The van der Waals surface area contributed by atoms with E-state index in [-0.39, 0.29) is 6.04 Å². The number of nitrogens with zero attached hydrogens (tertiary/aromatic N) is 2. The van der Waals surface area contributed by atoms with Crippen molar-refractivity contribution in [3.05, 3.63) is 223 Å². The van der Waals surface area contributed by atoms with E-state index in [1.807, 2.05) is 0 Å². The summed E-state index contributed by atoms with van der Waals surface area (Å²) >= 11 is 0. The number of para-hydroxylation sites is 3. The first-order valence-electron chi connectivity index (χ1n) is 19.3. The van der Waals surface area contributed by atoms with E-state index in [0.717, 1.165) is 22.5 Å². The van der Waals surface area contributed by atoms with Gasteiger partial charge in [-0.15, -0.1) is 0 Å². The van der Waals surface area contributed by atoms with Crippen LogP contribution in [0.3, 0.4) is 0 Å². The van der Waals surface area contributed by atoms with Crippen molar-refractivity contribution >= 4 is 55.0 Å². The molecule has 2 aromatic heterocycles. The van der Waals surface area contributed by atoms with Crippen LogP contribution >= 0.6 is 0 Å². The molecule has 0 amide bonds. The second-order valence-corrected chi connectivity index (χ2v) is 14.6. The summed E-state index contributed by atoms with van der Waals surface area (Å²) in [5.41, 5.74) is 14.3. The molecule has 264 valence electrons. The molecule has 0 bridgehead atoms. The van der Waals surface area contributed by atoms with Gasteiger partial charge >= 0.3 is 0 Å². The summed E-state index contributed by atoms with van der Waals surface area (Å²) in [7, 11) is 0.